The summed E-state index contributed by atoms with van der Waals surface area (Å²) in [6.07, 6.45) is 3.57. The Morgan fingerprint density at radius 3 is 2.73 bits per heavy atom. The molecule has 0 aromatic carbocycles. The van der Waals surface area contributed by atoms with Gasteiger partial charge in [-0.15, -0.1) is 0 Å². The van der Waals surface area contributed by atoms with Crippen molar-refractivity contribution in [2.45, 2.75) is 25.8 Å². The van der Waals surface area contributed by atoms with Crippen molar-refractivity contribution in [1.29, 1.82) is 0 Å². The number of fused-ring (bicyclic) bond motifs is 1. The minimum absolute atomic E-state index is 0.105. The van der Waals surface area contributed by atoms with Crippen molar-refractivity contribution < 1.29 is 0 Å². The van der Waals surface area contributed by atoms with Crippen LogP contribution in [0.3, 0.4) is 0 Å². The van der Waals surface area contributed by atoms with Crippen LogP contribution in [0.2, 0.25) is 0 Å². The smallest absolute Gasteiger partial charge is 0.114 e. The Labute approximate surface area is 89.1 Å². The fraction of sp³-hybridized carbons (Fsp3) is 0.455. The first-order chi connectivity index (χ1) is 7.11. The van der Waals surface area contributed by atoms with Crippen LogP contribution in [0.1, 0.15) is 25.6 Å². The van der Waals surface area contributed by atoms with E-state index in [9.17, 15) is 0 Å². The van der Waals surface area contributed by atoms with Crippen LogP contribution in [0.4, 0.5) is 0 Å². The highest BCUT2D eigenvalue weighted by molar-refractivity contribution is 5.74. The van der Waals surface area contributed by atoms with Crippen LogP contribution in [-0.4, -0.2) is 20.6 Å². The fourth-order valence-corrected chi connectivity index (χ4v) is 1.71. The summed E-state index contributed by atoms with van der Waals surface area (Å²) >= 11 is 0. The lowest BCUT2D eigenvalue weighted by Gasteiger charge is -2.14. The number of aromatic nitrogens is 3. The highest BCUT2D eigenvalue weighted by Gasteiger charge is 2.17. The normalized spacial score (nSPS) is 15.5. The van der Waals surface area contributed by atoms with Gasteiger partial charge < -0.3 is 10.3 Å². The maximum Gasteiger partial charge on any atom is 0.114 e. The predicted molar refractivity (Wildman–Crippen MR) is 60.6 cm³/mol. The Morgan fingerprint density at radius 2 is 2.13 bits per heavy atom. The Hall–Kier alpha value is -1.42. The molecule has 2 aromatic rings. The van der Waals surface area contributed by atoms with E-state index in [4.69, 9.17) is 5.73 Å². The molecule has 80 valence electrons. The van der Waals surface area contributed by atoms with Gasteiger partial charge in [-0.2, -0.15) is 0 Å². The monoisotopic (exact) mass is 204 g/mol. The lowest BCUT2D eigenvalue weighted by Crippen LogP contribution is -2.24. The zero-order valence-corrected chi connectivity index (χ0v) is 9.31. The van der Waals surface area contributed by atoms with E-state index < -0.39 is 0 Å². The molecule has 0 spiro atoms. The summed E-state index contributed by atoms with van der Waals surface area (Å²) in [5.74, 6) is 1.27. The van der Waals surface area contributed by atoms with E-state index in [1.807, 2.05) is 20.0 Å². The molecule has 2 heterocycles. The molecule has 0 aliphatic heterocycles. The molecule has 2 aromatic heterocycles. The molecule has 0 saturated heterocycles. The van der Waals surface area contributed by atoms with Gasteiger partial charge >= 0.3 is 0 Å². The van der Waals surface area contributed by atoms with Crippen molar-refractivity contribution in [3.63, 3.8) is 0 Å². The van der Waals surface area contributed by atoms with Crippen LogP contribution in [0.25, 0.3) is 11.0 Å². The Morgan fingerprint density at radius 1 is 1.40 bits per heavy atom. The minimum Gasteiger partial charge on any atom is -0.331 e. The Kier molecular flexibility index (Phi) is 2.44. The van der Waals surface area contributed by atoms with Gasteiger partial charge in [-0.25, -0.2) is 4.98 Å². The molecule has 15 heavy (non-hydrogen) atoms. The van der Waals surface area contributed by atoms with E-state index in [1.165, 1.54) is 0 Å². The second kappa shape index (κ2) is 3.62. The molecule has 2 atom stereocenters. The van der Waals surface area contributed by atoms with Gasteiger partial charge in [-0.05, 0) is 13.0 Å². The molecular weight excluding hydrogens is 188 g/mol. The van der Waals surface area contributed by atoms with Crippen LogP contribution in [0, 0.1) is 0 Å². The van der Waals surface area contributed by atoms with Crippen molar-refractivity contribution in [2.75, 3.05) is 0 Å². The van der Waals surface area contributed by atoms with Crippen LogP contribution < -0.4 is 5.73 Å². The Balaban J connectivity index is 2.58. The minimum atomic E-state index is 0.105. The SMILES string of the molecule is CC(N)C(C)c1nc2cnccc2n1C. The molecule has 2 unspecified atom stereocenters. The fourth-order valence-electron chi connectivity index (χ4n) is 1.71. The molecule has 0 aliphatic rings. The number of imidazole rings is 1. The van der Waals surface area contributed by atoms with Gasteiger partial charge in [-0.1, -0.05) is 6.92 Å². The molecule has 0 fully saturated rings. The molecule has 0 aliphatic carbocycles. The van der Waals surface area contributed by atoms with Gasteiger partial charge in [0, 0.05) is 25.2 Å². The van der Waals surface area contributed by atoms with Crippen molar-refractivity contribution in [3.05, 3.63) is 24.3 Å². The van der Waals surface area contributed by atoms with Gasteiger partial charge in [0.15, 0.2) is 0 Å². The first-order valence-corrected chi connectivity index (χ1v) is 5.13. The van der Waals surface area contributed by atoms with Crippen LogP contribution in [-0.2, 0) is 7.05 Å². The van der Waals surface area contributed by atoms with Crippen molar-refractivity contribution in [3.8, 4) is 0 Å². The molecular formula is C11H16N4. The number of aryl methyl sites for hydroxylation is 1. The average molecular weight is 204 g/mol. The summed E-state index contributed by atoms with van der Waals surface area (Å²) in [6, 6.07) is 2.08. The quantitative estimate of drug-likeness (QED) is 0.804. The number of rotatable bonds is 2. The maximum atomic E-state index is 5.89. The molecule has 4 heteroatoms. The van der Waals surface area contributed by atoms with E-state index in [1.54, 1.807) is 12.4 Å². The number of nitrogens with zero attached hydrogens (tertiary/aromatic N) is 3. The largest absolute Gasteiger partial charge is 0.331 e. The van der Waals surface area contributed by atoms with E-state index >= 15 is 0 Å². The second-order valence-electron chi connectivity index (χ2n) is 4.04. The zero-order chi connectivity index (χ0) is 11.0. The first kappa shape index (κ1) is 10.1. The molecule has 4 nitrogen and oxygen atoms in total. The summed E-state index contributed by atoms with van der Waals surface area (Å²) in [7, 11) is 2.02. The van der Waals surface area contributed by atoms with E-state index in [2.05, 4.69) is 21.5 Å². The molecule has 2 N–H and O–H groups in total. The van der Waals surface area contributed by atoms with Crippen LogP contribution in [0.5, 0.6) is 0 Å². The lowest BCUT2D eigenvalue weighted by atomic mass is 10.0. The lowest BCUT2D eigenvalue weighted by molar-refractivity contribution is 0.565. The molecule has 0 radical (unpaired) electrons. The summed E-state index contributed by atoms with van der Waals surface area (Å²) in [6.45, 7) is 4.10. The van der Waals surface area contributed by atoms with E-state index in [0.29, 0.717) is 0 Å². The van der Waals surface area contributed by atoms with Gasteiger partial charge in [0.05, 0.1) is 11.7 Å². The van der Waals surface area contributed by atoms with Crippen molar-refractivity contribution in [1.82, 2.24) is 14.5 Å². The van der Waals surface area contributed by atoms with Crippen molar-refractivity contribution in [2.24, 2.45) is 12.8 Å². The summed E-state index contributed by atoms with van der Waals surface area (Å²) in [5, 5.41) is 0. The third-order valence-corrected chi connectivity index (χ3v) is 2.91. The van der Waals surface area contributed by atoms with Gasteiger partial charge in [0.25, 0.3) is 0 Å². The molecule has 0 amide bonds. The average Bonchev–Trinajstić information content (AvgIpc) is 2.56. The van der Waals surface area contributed by atoms with Crippen LogP contribution in [0.15, 0.2) is 18.5 Å². The summed E-state index contributed by atoms with van der Waals surface area (Å²) in [4.78, 5) is 8.62. The second-order valence-corrected chi connectivity index (χ2v) is 4.04. The summed E-state index contributed by atoms with van der Waals surface area (Å²) < 4.78 is 2.09. The topological polar surface area (TPSA) is 56.7 Å². The van der Waals surface area contributed by atoms with Gasteiger partial charge in [0.1, 0.15) is 11.3 Å². The number of nitrogens with two attached hydrogens (primary N) is 1. The molecule has 0 bridgehead atoms. The maximum absolute atomic E-state index is 5.89. The standard InChI is InChI=1S/C11H16N4/c1-7(8(2)12)11-14-9-6-13-5-4-10(9)15(11)3/h4-8H,12H2,1-3H3. The third kappa shape index (κ3) is 1.61. The first-order valence-electron chi connectivity index (χ1n) is 5.13. The number of pyridine rings is 1. The van der Waals surface area contributed by atoms with Crippen LogP contribution >= 0.6 is 0 Å². The number of hydrogen-bond donors (Lipinski definition) is 1. The summed E-state index contributed by atoms with van der Waals surface area (Å²) in [5.41, 5.74) is 7.93. The highest BCUT2D eigenvalue weighted by Crippen LogP contribution is 2.21. The van der Waals surface area contributed by atoms with E-state index in [0.717, 1.165) is 16.9 Å². The van der Waals surface area contributed by atoms with E-state index in [-0.39, 0.29) is 12.0 Å². The van der Waals surface area contributed by atoms with Crippen molar-refractivity contribution >= 4 is 11.0 Å². The zero-order valence-electron chi connectivity index (χ0n) is 9.31. The molecule has 0 saturated carbocycles. The predicted octanol–water partition coefficient (Wildman–Crippen LogP) is 1.42. The third-order valence-electron chi connectivity index (χ3n) is 2.91. The number of hydrogen-bond acceptors (Lipinski definition) is 3. The highest BCUT2D eigenvalue weighted by atomic mass is 15.1. The Bertz CT molecular complexity index is 472. The van der Waals surface area contributed by atoms with Gasteiger partial charge in [0.2, 0.25) is 0 Å². The molecule has 2 rings (SSSR count). The van der Waals surface area contributed by atoms with Gasteiger partial charge in [-0.3, -0.25) is 4.98 Å².